The third-order valence-corrected chi connectivity index (χ3v) is 7.58. The highest BCUT2D eigenvalue weighted by molar-refractivity contribution is 7.15. The van der Waals surface area contributed by atoms with Gasteiger partial charge in [0.25, 0.3) is 0 Å². The second-order valence-electron chi connectivity index (χ2n) is 7.32. The van der Waals surface area contributed by atoms with E-state index in [1.165, 1.54) is 9.75 Å². The molecule has 1 unspecified atom stereocenters. The molecule has 1 N–H and O–H groups in total. The van der Waals surface area contributed by atoms with E-state index in [0.717, 1.165) is 56.3 Å². The van der Waals surface area contributed by atoms with Crippen LogP contribution < -0.4 is 10.2 Å². The van der Waals surface area contributed by atoms with Crippen LogP contribution in [-0.4, -0.2) is 47.9 Å². The van der Waals surface area contributed by atoms with E-state index in [1.807, 2.05) is 29.3 Å². The van der Waals surface area contributed by atoms with Crippen LogP contribution in [0.1, 0.15) is 35.2 Å². The average molecular weight is 419 g/mol. The van der Waals surface area contributed by atoms with Crippen LogP contribution in [0.25, 0.3) is 0 Å². The van der Waals surface area contributed by atoms with Gasteiger partial charge in [-0.3, -0.25) is 9.59 Å². The molecule has 2 aromatic rings. The van der Waals surface area contributed by atoms with Crippen LogP contribution in [-0.2, 0) is 29.0 Å². The number of hydrogen-bond donors (Lipinski definition) is 1. The van der Waals surface area contributed by atoms with Gasteiger partial charge in [-0.05, 0) is 30.7 Å². The van der Waals surface area contributed by atoms with Gasteiger partial charge in [0.2, 0.25) is 11.8 Å². The lowest BCUT2D eigenvalue weighted by Crippen LogP contribution is -2.48. The molecule has 0 aromatic carbocycles. The fourth-order valence-electron chi connectivity index (χ4n) is 3.82. The van der Waals surface area contributed by atoms with Crippen molar-refractivity contribution < 1.29 is 9.59 Å². The van der Waals surface area contributed by atoms with E-state index in [4.69, 9.17) is 4.98 Å². The van der Waals surface area contributed by atoms with Crippen molar-refractivity contribution in [2.24, 2.45) is 5.92 Å². The summed E-state index contributed by atoms with van der Waals surface area (Å²) in [5.74, 6) is 0.426. The van der Waals surface area contributed by atoms with Gasteiger partial charge in [-0.15, -0.1) is 22.7 Å². The number of rotatable bonds is 5. The molecule has 150 valence electrons. The second-order valence-corrected chi connectivity index (χ2v) is 9.42. The molecule has 28 heavy (non-hydrogen) atoms. The Morgan fingerprint density at radius 3 is 2.82 bits per heavy atom. The van der Waals surface area contributed by atoms with Crippen molar-refractivity contribution in [3.63, 3.8) is 0 Å². The molecule has 1 aliphatic carbocycles. The molecule has 1 fully saturated rings. The maximum atomic E-state index is 12.6. The quantitative estimate of drug-likeness (QED) is 0.811. The minimum atomic E-state index is 0.0415. The molecule has 2 amide bonds. The first-order valence-electron chi connectivity index (χ1n) is 9.95. The number of nitrogens with zero attached hydrogens (tertiary/aromatic N) is 3. The lowest BCUT2D eigenvalue weighted by atomic mass is 9.90. The number of thiophene rings is 1. The van der Waals surface area contributed by atoms with Crippen LogP contribution in [0.2, 0.25) is 0 Å². The number of anilines is 1. The maximum Gasteiger partial charge on any atom is 0.223 e. The van der Waals surface area contributed by atoms with Crippen LogP contribution in [0.4, 0.5) is 5.13 Å². The van der Waals surface area contributed by atoms with Gasteiger partial charge in [-0.25, -0.2) is 4.98 Å². The lowest BCUT2D eigenvalue weighted by molar-refractivity contribution is -0.131. The first kappa shape index (κ1) is 19.4. The molecule has 1 saturated heterocycles. The summed E-state index contributed by atoms with van der Waals surface area (Å²) in [5.41, 5.74) is 1.16. The summed E-state index contributed by atoms with van der Waals surface area (Å²) < 4.78 is 0. The molecule has 6 nitrogen and oxygen atoms in total. The summed E-state index contributed by atoms with van der Waals surface area (Å²) in [4.78, 5) is 35.9. The molecular weight excluding hydrogens is 392 g/mol. The first-order valence-corrected chi connectivity index (χ1v) is 11.6. The zero-order valence-electron chi connectivity index (χ0n) is 16.1. The van der Waals surface area contributed by atoms with E-state index >= 15 is 0 Å². The Morgan fingerprint density at radius 2 is 2.11 bits per heavy atom. The van der Waals surface area contributed by atoms with Crippen LogP contribution in [0.15, 0.2) is 17.5 Å². The van der Waals surface area contributed by atoms with Crippen molar-refractivity contribution in [3.05, 3.63) is 33.0 Å². The smallest absolute Gasteiger partial charge is 0.223 e. The normalized spacial score (nSPS) is 19.4. The number of fused-ring (bicyclic) bond motifs is 1. The van der Waals surface area contributed by atoms with Gasteiger partial charge in [-0.1, -0.05) is 13.0 Å². The Morgan fingerprint density at radius 1 is 1.29 bits per heavy atom. The number of aryl methyl sites for hydroxylation is 1. The van der Waals surface area contributed by atoms with Gasteiger partial charge >= 0.3 is 0 Å². The summed E-state index contributed by atoms with van der Waals surface area (Å²) in [6.45, 7) is 5.74. The number of hydrogen-bond acceptors (Lipinski definition) is 6. The number of carbonyl (C=O) groups excluding carboxylic acids is 2. The predicted octanol–water partition coefficient (Wildman–Crippen LogP) is 2.68. The lowest BCUT2D eigenvalue weighted by Gasteiger charge is -2.34. The van der Waals surface area contributed by atoms with E-state index in [1.54, 1.807) is 22.7 Å². The monoisotopic (exact) mass is 418 g/mol. The second kappa shape index (κ2) is 8.61. The highest BCUT2D eigenvalue weighted by Gasteiger charge is 2.29. The largest absolute Gasteiger partial charge is 0.351 e. The highest BCUT2D eigenvalue weighted by atomic mass is 32.1. The highest BCUT2D eigenvalue weighted by Crippen LogP contribution is 2.34. The molecule has 4 rings (SSSR count). The third-order valence-electron chi connectivity index (χ3n) is 5.52. The SMILES string of the molecule is CCC(=O)N1CCN(c2nc3c(s2)CC(C(=O)NCc2cccs2)CC3)CC1. The van der Waals surface area contributed by atoms with Gasteiger partial charge in [0.05, 0.1) is 12.2 Å². The molecule has 2 aliphatic rings. The van der Waals surface area contributed by atoms with E-state index in [2.05, 4.69) is 10.2 Å². The van der Waals surface area contributed by atoms with Crippen LogP contribution >= 0.6 is 22.7 Å². The molecular formula is C20H26N4O2S2. The van der Waals surface area contributed by atoms with Crippen molar-refractivity contribution in [2.45, 2.75) is 39.2 Å². The minimum absolute atomic E-state index is 0.0415. The zero-order chi connectivity index (χ0) is 19.5. The molecule has 3 heterocycles. The van der Waals surface area contributed by atoms with Gasteiger partial charge in [-0.2, -0.15) is 0 Å². The van der Waals surface area contributed by atoms with Gasteiger partial charge in [0.1, 0.15) is 0 Å². The van der Waals surface area contributed by atoms with Crippen molar-refractivity contribution >= 4 is 39.6 Å². The molecule has 0 spiro atoms. The topological polar surface area (TPSA) is 65.5 Å². The molecule has 1 aliphatic heterocycles. The maximum absolute atomic E-state index is 12.6. The van der Waals surface area contributed by atoms with Crippen molar-refractivity contribution in [2.75, 3.05) is 31.1 Å². The molecule has 1 atom stereocenters. The molecule has 0 saturated carbocycles. The fraction of sp³-hybridized carbons (Fsp3) is 0.550. The van der Waals surface area contributed by atoms with E-state index < -0.39 is 0 Å². The number of amides is 2. The average Bonchev–Trinajstić information content (AvgIpc) is 3.40. The van der Waals surface area contributed by atoms with Crippen molar-refractivity contribution in [1.82, 2.24) is 15.2 Å². The van der Waals surface area contributed by atoms with Crippen LogP contribution in [0, 0.1) is 5.92 Å². The number of piperazine rings is 1. The van der Waals surface area contributed by atoms with E-state index in [0.29, 0.717) is 13.0 Å². The number of nitrogens with one attached hydrogen (secondary N) is 1. The minimum Gasteiger partial charge on any atom is -0.351 e. The summed E-state index contributed by atoms with van der Waals surface area (Å²) in [6.07, 6.45) is 3.10. The molecule has 8 heteroatoms. The Bertz CT molecular complexity index is 825. The van der Waals surface area contributed by atoms with Gasteiger partial charge in [0.15, 0.2) is 5.13 Å². The molecule has 0 radical (unpaired) electrons. The Labute approximate surface area is 173 Å². The fourth-order valence-corrected chi connectivity index (χ4v) is 5.71. The zero-order valence-corrected chi connectivity index (χ0v) is 17.8. The Hall–Kier alpha value is -1.93. The predicted molar refractivity (Wildman–Crippen MR) is 113 cm³/mol. The third kappa shape index (κ3) is 4.22. The van der Waals surface area contributed by atoms with E-state index in [-0.39, 0.29) is 17.7 Å². The van der Waals surface area contributed by atoms with Crippen LogP contribution in [0.5, 0.6) is 0 Å². The van der Waals surface area contributed by atoms with Gasteiger partial charge in [0, 0.05) is 48.3 Å². The summed E-state index contributed by atoms with van der Waals surface area (Å²) >= 11 is 3.40. The summed E-state index contributed by atoms with van der Waals surface area (Å²) in [7, 11) is 0. The number of carbonyl (C=O) groups is 2. The molecule has 0 bridgehead atoms. The molecule has 2 aromatic heterocycles. The standard InChI is InChI=1S/C20H26N4O2S2/c1-2-18(25)23-7-9-24(10-8-23)20-22-16-6-5-14(12-17(16)28-20)19(26)21-13-15-4-3-11-27-15/h3-4,11,14H,2,5-10,12-13H2,1H3,(H,21,26). The summed E-state index contributed by atoms with van der Waals surface area (Å²) in [6, 6.07) is 4.06. The number of thiazole rings is 1. The first-order chi connectivity index (χ1) is 13.6. The number of aromatic nitrogens is 1. The Kier molecular flexibility index (Phi) is 5.96. The van der Waals surface area contributed by atoms with Crippen molar-refractivity contribution in [1.29, 1.82) is 0 Å². The van der Waals surface area contributed by atoms with Crippen molar-refractivity contribution in [3.8, 4) is 0 Å². The summed E-state index contributed by atoms with van der Waals surface area (Å²) in [5, 5.41) is 6.17. The van der Waals surface area contributed by atoms with E-state index in [9.17, 15) is 9.59 Å². The van der Waals surface area contributed by atoms with Gasteiger partial charge < -0.3 is 15.1 Å². The Balaban J connectivity index is 1.33. The van der Waals surface area contributed by atoms with Crippen LogP contribution in [0.3, 0.4) is 0 Å².